The van der Waals surface area contributed by atoms with Gasteiger partial charge in [0.15, 0.2) is 0 Å². The minimum atomic E-state index is -1.29. The van der Waals surface area contributed by atoms with Crippen molar-refractivity contribution in [2.75, 3.05) is 24.0 Å². The van der Waals surface area contributed by atoms with Gasteiger partial charge in [-0.1, -0.05) is 0 Å². The molecule has 31 heavy (non-hydrogen) atoms. The average molecular weight is 425 g/mol. The van der Waals surface area contributed by atoms with Gasteiger partial charge in [-0.3, -0.25) is 14.5 Å². The molecule has 8 nitrogen and oxygen atoms in total. The first-order valence-electron chi connectivity index (χ1n) is 9.27. The lowest BCUT2D eigenvalue weighted by Crippen LogP contribution is -2.44. The Morgan fingerprint density at radius 2 is 1.81 bits per heavy atom. The second kappa shape index (κ2) is 8.07. The van der Waals surface area contributed by atoms with Crippen LogP contribution in [0.25, 0.3) is 0 Å². The molecule has 3 rings (SSSR count). The van der Waals surface area contributed by atoms with Crippen LogP contribution in [0.1, 0.15) is 25.0 Å². The van der Waals surface area contributed by atoms with Crippen LogP contribution in [0, 0.1) is 17.1 Å². The average Bonchev–Trinajstić information content (AvgIpc) is 2.93. The van der Waals surface area contributed by atoms with Gasteiger partial charge in [0.2, 0.25) is 0 Å². The predicted octanol–water partition coefficient (Wildman–Crippen LogP) is 3.17. The summed E-state index contributed by atoms with van der Waals surface area (Å²) in [6.45, 7) is 3.13. The number of carbonyl (C=O) groups excluding carboxylic acids is 3. The van der Waals surface area contributed by atoms with Crippen LogP contribution in [0.15, 0.2) is 36.4 Å². The Bertz CT molecular complexity index is 1120. The normalized spacial score (nSPS) is 15.1. The minimum Gasteiger partial charge on any atom is -0.495 e. The fourth-order valence-corrected chi connectivity index (χ4v) is 3.43. The number of hydrogen-bond donors (Lipinski definition) is 0. The summed E-state index contributed by atoms with van der Waals surface area (Å²) in [5.74, 6) is -1.55. The molecule has 1 heterocycles. The van der Waals surface area contributed by atoms with Gasteiger partial charge in [0.25, 0.3) is 5.91 Å². The number of benzene rings is 2. The van der Waals surface area contributed by atoms with Crippen molar-refractivity contribution in [3.8, 4) is 11.8 Å². The number of carbonyl (C=O) groups is 3. The maximum Gasteiger partial charge on any atom is 0.336 e. The smallest absolute Gasteiger partial charge is 0.336 e. The number of anilines is 2. The third-order valence-electron chi connectivity index (χ3n) is 5.08. The zero-order chi connectivity index (χ0) is 22.9. The highest BCUT2D eigenvalue weighted by molar-refractivity contribution is 6.30. The summed E-state index contributed by atoms with van der Waals surface area (Å²) in [6, 6.07) is 9.53. The highest BCUT2D eigenvalue weighted by atomic mass is 19.1. The topological polar surface area (TPSA) is 99.9 Å². The molecule has 0 saturated carbocycles. The Balaban J connectivity index is 2.05. The van der Waals surface area contributed by atoms with E-state index in [-0.39, 0.29) is 34.7 Å². The third-order valence-corrected chi connectivity index (χ3v) is 5.08. The van der Waals surface area contributed by atoms with E-state index in [1.165, 1.54) is 49.5 Å². The summed E-state index contributed by atoms with van der Waals surface area (Å²) >= 11 is 0. The van der Waals surface area contributed by atoms with Gasteiger partial charge in [-0.25, -0.2) is 14.1 Å². The van der Waals surface area contributed by atoms with Gasteiger partial charge in [0, 0.05) is 17.3 Å². The van der Waals surface area contributed by atoms with Crippen LogP contribution in [-0.4, -0.2) is 37.7 Å². The van der Waals surface area contributed by atoms with E-state index in [0.717, 1.165) is 11.0 Å². The first kappa shape index (κ1) is 21.8. The first-order chi connectivity index (χ1) is 14.6. The highest BCUT2D eigenvalue weighted by Crippen LogP contribution is 2.38. The molecule has 1 fully saturated rings. The number of ether oxygens (including phenoxy) is 2. The third kappa shape index (κ3) is 3.68. The van der Waals surface area contributed by atoms with Crippen LogP contribution >= 0.6 is 0 Å². The Morgan fingerprint density at radius 3 is 2.42 bits per heavy atom. The van der Waals surface area contributed by atoms with Crippen molar-refractivity contribution in [2.45, 2.75) is 25.8 Å². The molecule has 160 valence electrons. The van der Waals surface area contributed by atoms with Crippen molar-refractivity contribution in [1.82, 2.24) is 0 Å². The predicted molar refractivity (Wildman–Crippen MR) is 109 cm³/mol. The maximum absolute atomic E-state index is 14.2. The van der Waals surface area contributed by atoms with Gasteiger partial charge in [0.05, 0.1) is 31.9 Å². The van der Waals surface area contributed by atoms with Crippen molar-refractivity contribution in [3.63, 3.8) is 0 Å². The van der Waals surface area contributed by atoms with Crippen LogP contribution in [0.2, 0.25) is 0 Å². The maximum atomic E-state index is 14.2. The summed E-state index contributed by atoms with van der Waals surface area (Å²) in [7, 11) is 2.57. The zero-order valence-electron chi connectivity index (χ0n) is 17.4. The molecule has 0 unspecified atom stereocenters. The number of urea groups is 1. The fraction of sp³-hybridized carbons (Fsp3) is 0.273. The largest absolute Gasteiger partial charge is 0.495 e. The lowest BCUT2D eigenvalue weighted by molar-refractivity contribution is -0.139. The van der Waals surface area contributed by atoms with Gasteiger partial charge in [0.1, 0.15) is 23.2 Å². The van der Waals surface area contributed by atoms with E-state index >= 15 is 0 Å². The lowest BCUT2D eigenvalue weighted by Gasteiger charge is -2.28. The van der Waals surface area contributed by atoms with E-state index < -0.39 is 29.3 Å². The number of nitriles is 1. The van der Waals surface area contributed by atoms with Crippen LogP contribution in [0.3, 0.4) is 0 Å². The molecule has 0 N–H and O–H groups in total. The first-order valence-corrected chi connectivity index (χ1v) is 9.27. The molecule has 0 bridgehead atoms. The highest BCUT2D eigenvalue weighted by Gasteiger charge is 2.52. The SMILES string of the molecule is COC(=O)Cc1cc(N2C(=O)N(c3ccc(C#N)c(OC)c3)C(=O)C2(C)C)ccc1F. The summed E-state index contributed by atoms with van der Waals surface area (Å²) in [6.07, 6.45) is -0.316. The second-order valence-electron chi connectivity index (χ2n) is 7.34. The molecule has 0 radical (unpaired) electrons. The standard InChI is InChI=1S/C22H20FN3O5/c1-22(2)20(28)25(15-6-5-13(12-24)18(11-15)30-3)21(29)26(22)16-7-8-17(23)14(9-16)10-19(27)31-4/h5-9,11H,10H2,1-4H3. The number of amides is 3. The van der Waals surface area contributed by atoms with E-state index in [0.29, 0.717) is 0 Å². The molecule has 9 heteroatoms. The van der Waals surface area contributed by atoms with Gasteiger partial charge in [-0.05, 0) is 44.2 Å². The van der Waals surface area contributed by atoms with Crippen molar-refractivity contribution < 1.29 is 28.2 Å². The van der Waals surface area contributed by atoms with Crippen LogP contribution in [0.5, 0.6) is 5.75 Å². The number of esters is 1. The Hall–Kier alpha value is -3.93. The molecule has 1 saturated heterocycles. The van der Waals surface area contributed by atoms with Crippen molar-refractivity contribution >= 4 is 29.3 Å². The Labute approximate surface area is 178 Å². The molecule has 2 aromatic rings. The molecule has 1 aliphatic rings. The second-order valence-corrected chi connectivity index (χ2v) is 7.34. The van der Waals surface area contributed by atoms with Crippen molar-refractivity contribution in [1.29, 1.82) is 5.26 Å². The molecule has 3 amide bonds. The summed E-state index contributed by atoms with van der Waals surface area (Å²) in [5, 5.41) is 9.16. The number of nitrogens with zero attached hydrogens (tertiary/aromatic N) is 3. The van der Waals surface area contributed by atoms with Crippen LogP contribution in [-0.2, 0) is 20.7 Å². The van der Waals surface area contributed by atoms with Crippen molar-refractivity contribution in [3.05, 3.63) is 53.3 Å². The molecule has 0 atom stereocenters. The van der Waals surface area contributed by atoms with E-state index in [1.807, 2.05) is 6.07 Å². The van der Waals surface area contributed by atoms with Crippen LogP contribution in [0.4, 0.5) is 20.6 Å². The van der Waals surface area contributed by atoms with Gasteiger partial charge >= 0.3 is 12.0 Å². The van der Waals surface area contributed by atoms with Crippen molar-refractivity contribution in [2.24, 2.45) is 0 Å². The van der Waals surface area contributed by atoms with Gasteiger partial charge in [-0.15, -0.1) is 0 Å². The summed E-state index contributed by atoms with van der Waals surface area (Å²) < 4.78 is 23.9. The van der Waals surface area contributed by atoms with E-state index in [2.05, 4.69) is 4.74 Å². The van der Waals surface area contributed by atoms with E-state index in [1.54, 1.807) is 13.8 Å². The zero-order valence-corrected chi connectivity index (χ0v) is 17.4. The van der Waals surface area contributed by atoms with E-state index in [9.17, 15) is 18.8 Å². The molecular weight excluding hydrogens is 405 g/mol. The molecule has 0 spiro atoms. The monoisotopic (exact) mass is 425 g/mol. The Morgan fingerprint density at radius 1 is 1.13 bits per heavy atom. The molecule has 0 aliphatic carbocycles. The van der Waals surface area contributed by atoms with E-state index in [4.69, 9.17) is 10.00 Å². The molecule has 1 aliphatic heterocycles. The molecule has 0 aromatic heterocycles. The number of hydrogen-bond acceptors (Lipinski definition) is 6. The fourth-order valence-electron chi connectivity index (χ4n) is 3.43. The summed E-state index contributed by atoms with van der Waals surface area (Å²) in [4.78, 5) is 40.3. The van der Waals surface area contributed by atoms with Gasteiger partial charge in [-0.2, -0.15) is 5.26 Å². The van der Waals surface area contributed by atoms with Gasteiger partial charge < -0.3 is 9.47 Å². The number of imide groups is 1. The molecule has 2 aromatic carbocycles. The number of halogens is 1. The quantitative estimate of drug-likeness (QED) is 0.539. The van der Waals surface area contributed by atoms with Crippen LogP contribution < -0.4 is 14.5 Å². The Kier molecular flexibility index (Phi) is 5.66. The number of methoxy groups -OCH3 is 2. The summed E-state index contributed by atoms with van der Waals surface area (Å²) in [5.41, 5.74) is -0.505. The number of rotatable bonds is 5. The minimum absolute atomic E-state index is 0.0406. The molecular formula is C22H20FN3O5. The lowest BCUT2D eigenvalue weighted by atomic mass is 10.0.